The van der Waals surface area contributed by atoms with E-state index < -0.39 is 29.8 Å². The number of aliphatic hydroxyl groups is 1. The molecule has 2 heterocycles. The van der Waals surface area contributed by atoms with Gasteiger partial charge in [0.15, 0.2) is 5.72 Å². The summed E-state index contributed by atoms with van der Waals surface area (Å²) in [5.41, 5.74) is -0.717. The zero-order valence-electron chi connectivity index (χ0n) is 18.9. The highest BCUT2D eigenvalue weighted by Gasteiger charge is 2.46. The lowest BCUT2D eigenvalue weighted by molar-refractivity contribution is -0.145. The molecule has 0 aliphatic carbocycles. The van der Waals surface area contributed by atoms with Crippen molar-refractivity contribution < 1.29 is 23.1 Å². The Bertz CT molecular complexity index is 1290. The van der Waals surface area contributed by atoms with Gasteiger partial charge in [-0.2, -0.15) is 13.2 Å². The molecule has 5 nitrogen and oxygen atoms in total. The summed E-state index contributed by atoms with van der Waals surface area (Å²) >= 11 is 10.7. The van der Waals surface area contributed by atoms with Gasteiger partial charge in [-0.3, -0.25) is 9.78 Å². The van der Waals surface area contributed by atoms with Crippen molar-refractivity contribution in [3.8, 4) is 0 Å². The molecule has 0 fully saturated rings. The molecule has 2 N–H and O–H groups in total. The smallest absolute Gasteiger partial charge is 0.384 e. The third kappa shape index (κ3) is 6.53. The Morgan fingerprint density at radius 2 is 1.92 bits per heavy atom. The number of alkyl halides is 3. The number of pyridine rings is 1. The minimum atomic E-state index is -4.55. The molecule has 0 spiro atoms. The van der Waals surface area contributed by atoms with Crippen LogP contribution in [-0.4, -0.2) is 51.6 Å². The molecule has 1 aliphatic heterocycles. The number of carbonyl (C=O) groups is 1. The van der Waals surface area contributed by atoms with Crippen LogP contribution < -0.4 is 5.32 Å². The van der Waals surface area contributed by atoms with Gasteiger partial charge in [-0.25, -0.2) is 0 Å². The van der Waals surface area contributed by atoms with Crippen molar-refractivity contribution in [2.45, 2.75) is 29.6 Å². The number of fused-ring (bicyclic) bond motifs is 1. The molecule has 1 aromatic heterocycles. The Labute approximate surface area is 223 Å². The van der Waals surface area contributed by atoms with Gasteiger partial charge < -0.3 is 15.3 Å². The minimum absolute atomic E-state index is 0.00487. The summed E-state index contributed by atoms with van der Waals surface area (Å²) < 4.78 is 40.1. The molecular formula is C25H22BrClF3N3O2S. The lowest BCUT2D eigenvalue weighted by atomic mass is 10.1. The predicted octanol–water partition coefficient (Wildman–Crippen LogP) is 6.65. The number of carbonyl (C=O) groups excluding carboxylic acids is 1. The molecule has 0 bridgehead atoms. The van der Waals surface area contributed by atoms with Crippen LogP contribution in [0.4, 0.5) is 18.9 Å². The summed E-state index contributed by atoms with van der Waals surface area (Å²) in [6.45, 7) is 0.506. The van der Waals surface area contributed by atoms with Crippen molar-refractivity contribution in [2.24, 2.45) is 0 Å². The normalized spacial score (nSPS) is 18.1. The van der Waals surface area contributed by atoms with Crippen molar-refractivity contribution in [3.05, 3.63) is 75.9 Å². The monoisotopic (exact) mass is 599 g/mol. The zero-order chi connectivity index (χ0) is 25.9. The van der Waals surface area contributed by atoms with Gasteiger partial charge in [0.05, 0.1) is 17.7 Å². The van der Waals surface area contributed by atoms with E-state index in [-0.39, 0.29) is 12.3 Å². The fraction of sp³-hybridized carbons (Fsp3) is 0.280. The highest BCUT2D eigenvalue weighted by Crippen LogP contribution is 2.37. The lowest BCUT2D eigenvalue weighted by Crippen LogP contribution is -2.49. The summed E-state index contributed by atoms with van der Waals surface area (Å²) in [4.78, 5) is 19.1. The first-order chi connectivity index (χ1) is 17.0. The lowest BCUT2D eigenvalue weighted by Gasteiger charge is -2.33. The van der Waals surface area contributed by atoms with Crippen LogP contribution in [0, 0.1) is 0 Å². The van der Waals surface area contributed by atoms with Crippen LogP contribution in [0.25, 0.3) is 10.9 Å². The summed E-state index contributed by atoms with van der Waals surface area (Å²) in [6.07, 6.45) is -2.82. The maximum Gasteiger partial charge on any atom is 0.393 e. The van der Waals surface area contributed by atoms with Crippen LogP contribution in [0.3, 0.4) is 0 Å². The maximum atomic E-state index is 13.1. The first kappa shape index (κ1) is 26.8. The molecule has 4 rings (SSSR count). The van der Waals surface area contributed by atoms with E-state index >= 15 is 0 Å². The number of nitrogens with one attached hydrogen (secondary N) is 1. The number of nitrogens with zero attached hydrogens (tertiary/aromatic N) is 2. The number of anilines is 1. The average Bonchev–Trinajstić information content (AvgIpc) is 3.04. The standard InChI is InChI=1S/C25H22BrClF3N3O2S/c26-17-2-5-19(6-3-17)36-15-24(35)13-16(14-25(28,29)30)23(34)33(24)11-1-9-31-21-8-10-32-22-12-18(27)4-7-20(21)22/h2-8,10,12-13,35H,1,9,11,14-15H2,(H,31,32). The van der Waals surface area contributed by atoms with Gasteiger partial charge in [0.25, 0.3) is 5.91 Å². The second kappa shape index (κ2) is 11.0. The SMILES string of the molecule is O=C1C(CC(F)(F)F)=CC(O)(CSc2ccc(Br)cc2)N1CCCNc1ccnc2cc(Cl)ccc12. The van der Waals surface area contributed by atoms with Crippen LogP contribution >= 0.6 is 39.3 Å². The Hall–Kier alpha value is -2.27. The first-order valence-electron chi connectivity index (χ1n) is 11.0. The fourth-order valence-corrected chi connectivity index (χ4v) is 5.36. The van der Waals surface area contributed by atoms with Crippen molar-refractivity contribution in [2.75, 3.05) is 24.2 Å². The molecule has 1 atom stereocenters. The van der Waals surface area contributed by atoms with E-state index in [1.807, 2.05) is 36.4 Å². The molecule has 2 aromatic carbocycles. The summed E-state index contributed by atoms with van der Waals surface area (Å²) in [5, 5.41) is 16.0. The van der Waals surface area contributed by atoms with E-state index in [2.05, 4.69) is 26.2 Å². The fourth-order valence-electron chi connectivity index (χ4n) is 3.98. The summed E-state index contributed by atoms with van der Waals surface area (Å²) in [7, 11) is 0. The number of benzene rings is 2. The van der Waals surface area contributed by atoms with E-state index in [4.69, 9.17) is 11.6 Å². The molecule has 0 saturated carbocycles. The van der Waals surface area contributed by atoms with Gasteiger partial charge in [-0.1, -0.05) is 27.5 Å². The molecule has 1 aliphatic rings. The topological polar surface area (TPSA) is 65.5 Å². The van der Waals surface area contributed by atoms with Gasteiger partial charge in [0.2, 0.25) is 0 Å². The number of halogens is 5. The van der Waals surface area contributed by atoms with Gasteiger partial charge in [0.1, 0.15) is 0 Å². The number of hydrogen-bond acceptors (Lipinski definition) is 5. The molecular weight excluding hydrogens is 579 g/mol. The van der Waals surface area contributed by atoms with Crippen LogP contribution in [0.15, 0.2) is 75.7 Å². The molecule has 11 heteroatoms. The zero-order valence-corrected chi connectivity index (χ0v) is 22.0. The Morgan fingerprint density at radius 3 is 2.64 bits per heavy atom. The van der Waals surface area contributed by atoms with Crippen molar-refractivity contribution in [3.63, 3.8) is 0 Å². The largest absolute Gasteiger partial charge is 0.393 e. The summed E-state index contributed by atoms with van der Waals surface area (Å²) in [6, 6.07) is 14.5. The van der Waals surface area contributed by atoms with Crippen LogP contribution in [0.1, 0.15) is 12.8 Å². The molecule has 1 unspecified atom stereocenters. The first-order valence-corrected chi connectivity index (χ1v) is 13.2. The molecule has 1 amide bonds. The van der Waals surface area contributed by atoms with Gasteiger partial charge in [-0.15, -0.1) is 11.8 Å². The van der Waals surface area contributed by atoms with Crippen molar-refractivity contribution in [1.82, 2.24) is 9.88 Å². The van der Waals surface area contributed by atoms with Gasteiger partial charge in [-0.05, 0) is 61.0 Å². The van der Waals surface area contributed by atoms with Gasteiger partial charge >= 0.3 is 6.18 Å². The number of hydrogen-bond donors (Lipinski definition) is 2. The molecule has 3 aromatic rings. The van der Waals surface area contributed by atoms with Gasteiger partial charge in [0, 0.05) is 50.3 Å². The minimum Gasteiger partial charge on any atom is -0.384 e. The van der Waals surface area contributed by atoms with E-state index in [1.54, 1.807) is 18.3 Å². The van der Waals surface area contributed by atoms with E-state index in [1.165, 1.54) is 11.8 Å². The average molecular weight is 601 g/mol. The van der Waals surface area contributed by atoms with Crippen LogP contribution in [0.5, 0.6) is 0 Å². The maximum absolute atomic E-state index is 13.1. The highest BCUT2D eigenvalue weighted by atomic mass is 79.9. The predicted molar refractivity (Wildman–Crippen MR) is 140 cm³/mol. The van der Waals surface area contributed by atoms with Crippen LogP contribution in [-0.2, 0) is 4.79 Å². The number of aromatic nitrogens is 1. The van der Waals surface area contributed by atoms with Crippen molar-refractivity contribution in [1.29, 1.82) is 0 Å². The molecule has 0 saturated heterocycles. The van der Waals surface area contributed by atoms with E-state index in [0.29, 0.717) is 18.0 Å². The van der Waals surface area contributed by atoms with E-state index in [0.717, 1.165) is 36.9 Å². The Kier molecular flexibility index (Phi) is 8.18. The second-order valence-electron chi connectivity index (χ2n) is 8.34. The third-order valence-electron chi connectivity index (χ3n) is 5.63. The molecule has 0 radical (unpaired) electrons. The number of thioether (sulfide) groups is 1. The second-order valence-corrected chi connectivity index (χ2v) is 10.7. The Morgan fingerprint density at radius 1 is 1.17 bits per heavy atom. The summed E-state index contributed by atoms with van der Waals surface area (Å²) in [5.74, 6) is -0.791. The van der Waals surface area contributed by atoms with E-state index in [9.17, 15) is 23.1 Å². The molecule has 190 valence electrons. The Balaban J connectivity index is 1.44. The quantitative estimate of drug-likeness (QED) is 0.213. The number of rotatable bonds is 9. The molecule has 36 heavy (non-hydrogen) atoms. The number of amides is 1. The van der Waals surface area contributed by atoms with Crippen molar-refractivity contribution >= 4 is 61.8 Å². The third-order valence-corrected chi connectivity index (χ3v) is 7.57. The highest BCUT2D eigenvalue weighted by molar-refractivity contribution is 9.10. The van der Waals surface area contributed by atoms with Crippen LogP contribution in [0.2, 0.25) is 5.02 Å².